The van der Waals surface area contributed by atoms with Gasteiger partial charge in [0.15, 0.2) is 11.5 Å². The molecule has 0 radical (unpaired) electrons. The van der Waals surface area contributed by atoms with Gasteiger partial charge in [0, 0.05) is 5.92 Å². The van der Waals surface area contributed by atoms with Crippen molar-refractivity contribution in [2.75, 3.05) is 27.4 Å². The largest absolute Gasteiger partial charge is 0.493 e. The summed E-state index contributed by atoms with van der Waals surface area (Å²) in [5.41, 5.74) is 0.379. The van der Waals surface area contributed by atoms with Crippen molar-refractivity contribution in [1.29, 1.82) is 0 Å². The molecule has 0 amide bonds. The molecule has 2 atom stereocenters. The Kier molecular flexibility index (Phi) is 9.31. The predicted octanol–water partition coefficient (Wildman–Crippen LogP) is 2.32. The molecule has 1 aromatic rings. The van der Waals surface area contributed by atoms with Gasteiger partial charge >= 0.3 is 11.9 Å². The quantitative estimate of drug-likeness (QED) is 0.406. The minimum atomic E-state index is -1.37. The highest BCUT2D eigenvalue weighted by molar-refractivity contribution is 6.04. The summed E-state index contributed by atoms with van der Waals surface area (Å²) in [5, 5.41) is 0. The molecule has 1 rings (SSSR count). The molecule has 8 heteroatoms. The zero-order valence-corrected chi connectivity index (χ0v) is 17.6. The molecule has 0 saturated heterocycles. The fraction of sp³-hybridized carbons (Fsp3) is 0.524. The SMILES string of the molecule is CCOC(=O)[C@@H](C(C)=O)C(c1ccc(OC)c(OC)c1)[C@H](C(C)=O)C(=O)OCC. The average Bonchev–Trinajstić information content (AvgIpc) is 2.66. The Morgan fingerprint density at radius 1 is 0.793 bits per heavy atom. The second-order valence-corrected chi connectivity index (χ2v) is 6.32. The maximum atomic E-state index is 12.6. The highest BCUT2D eigenvalue weighted by atomic mass is 16.5. The molecule has 0 aliphatic heterocycles. The average molecular weight is 408 g/mol. The minimum Gasteiger partial charge on any atom is -0.493 e. The molecule has 0 saturated carbocycles. The van der Waals surface area contributed by atoms with Crippen molar-refractivity contribution in [2.45, 2.75) is 33.6 Å². The van der Waals surface area contributed by atoms with Gasteiger partial charge in [0.25, 0.3) is 0 Å². The van der Waals surface area contributed by atoms with Gasteiger partial charge in [0.05, 0.1) is 27.4 Å². The smallest absolute Gasteiger partial charge is 0.317 e. The third-order valence-corrected chi connectivity index (χ3v) is 4.47. The van der Waals surface area contributed by atoms with Crippen molar-refractivity contribution in [3.63, 3.8) is 0 Å². The number of benzene rings is 1. The molecule has 0 aliphatic rings. The van der Waals surface area contributed by atoms with Crippen molar-refractivity contribution in [3.05, 3.63) is 23.8 Å². The van der Waals surface area contributed by atoms with Crippen molar-refractivity contribution in [1.82, 2.24) is 0 Å². The number of rotatable bonds is 11. The Balaban J connectivity index is 3.71. The Morgan fingerprint density at radius 2 is 1.24 bits per heavy atom. The van der Waals surface area contributed by atoms with Crippen LogP contribution in [-0.2, 0) is 28.7 Å². The number of hydrogen-bond donors (Lipinski definition) is 0. The summed E-state index contributed by atoms with van der Waals surface area (Å²) in [4.78, 5) is 50.1. The van der Waals surface area contributed by atoms with Gasteiger partial charge in [-0.2, -0.15) is 0 Å². The van der Waals surface area contributed by atoms with Gasteiger partial charge in [-0.15, -0.1) is 0 Å². The van der Waals surface area contributed by atoms with Crippen LogP contribution >= 0.6 is 0 Å². The van der Waals surface area contributed by atoms with Gasteiger partial charge in [-0.05, 0) is 45.4 Å². The van der Waals surface area contributed by atoms with Crippen molar-refractivity contribution < 1.29 is 38.1 Å². The molecule has 29 heavy (non-hydrogen) atoms. The lowest BCUT2D eigenvalue weighted by molar-refractivity contribution is -0.157. The van der Waals surface area contributed by atoms with E-state index in [1.807, 2.05) is 0 Å². The molecule has 0 aromatic heterocycles. The summed E-state index contributed by atoms with van der Waals surface area (Å²) in [5.74, 6) is -5.79. The molecule has 8 nitrogen and oxygen atoms in total. The molecule has 1 aromatic carbocycles. The molecule has 0 N–H and O–H groups in total. The van der Waals surface area contributed by atoms with E-state index < -0.39 is 41.3 Å². The molecule has 0 aliphatic carbocycles. The number of carbonyl (C=O) groups excluding carboxylic acids is 4. The monoisotopic (exact) mass is 408 g/mol. The second kappa shape index (κ2) is 11.2. The first-order valence-electron chi connectivity index (χ1n) is 9.29. The molecular weight excluding hydrogens is 380 g/mol. The summed E-state index contributed by atoms with van der Waals surface area (Å²) in [7, 11) is 2.89. The van der Waals surface area contributed by atoms with Crippen LogP contribution in [0.3, 0.4) is 0 Å². The predicted molar refractivity (Wildman–Crippen MR) is 104 cm³/mol. The summed E-state index contributed by atoms with van der Waals surface area (Å²) in [6, 6.07) is 4.69. The molecule has 0 bridgehead atoms. The summed E-state index contributed by atoms with van der Waals surface area (Å²) in [6.07, 6.45) is 0. The van der Waals surface area contributed by atoms with Crippen molar-refractivity contribution >= 4 is 23.5 Å². The van der Waals surface area contributed by atoms with Crippen LogP contribution in [0.5, 0.6) is 11.5 Å². The first-order valence-corrected chi connectivity index (χ1v) is 9.29. The van der Waals surface area contributed by atoms with E-state index in [1.54, 1.807) is 26.0 Å². The molecule has 0 unspecified atom stereocenters. The van der Waals surface area contributed by atoms with Gasteiger partial charge in [-0.25, -0.2) is 0 Å². The Hall–Kier alpha value is -2.90. The van der Waals surface area contributed by atoms with E-state index in [0.29, 0.717) is 17.1 Å². The lowest BCUT2D eigenvalue weighted by Gasteiger charge is -2.29. The van der Waals surface area contributed by atoms with Gasteiger partial charge in [-0.1, -0.05) is 6.07 Å². The Morgan fingerprint density at radius 3 is 1.59 bits per heavy atom. The minimum absolute atomic E-state index is 0.0470. The molecule has 160 valence electrons. The van der Waals surface area contributed by atoms with Crippen LogP contribution in [0.2, 0.25) is 0 Å². The summed E-state index contributed by atoms with van der Waals surface area (Å²) >= 11 is 0. The maximum Gasteiger partial charge on any atom is 0.317 e. The number of methoxy groups -OCH3 is 2. The second-order valence-electron chi connectivity index (χ2n) is 6.32. The van der Waals surface area contributed by atoms with E-state index >= 15 is 0 Å². The molecular formula is C21H28O8. The fourth-order valence-electron chi connectivity index (χ4n) is 3.23. The summed E-state index contributed by atoms with van der Waals surface area (Å²) in [6.45, 7) is 5.74. The number of carbonyl (C=O) groups is 4. The van der Waals surface area contributed by atoms with Crippen LogP contribution in [0, 0.1) is 11.8 Å². The van der Waals surface area contributed by atoms with Crippen LogP contribution in [0.25, 0.3) is 0 Å². The van der Waals surface area contributed by atoms with E-state index in [4.69, 9.17) is 18.9 Å². The lowest BCUT2D eigenvalue weighted by Crippen LogP contribution is -2.40. The van der Waals surface area contributed by atoms with E-state index in [2.05, 4.69) is 0 Å². The van der Waals surface area contributed by atoms with Gasteiger partial charge in [0.2, 0.25) is 0 Å². The number of hydrogen-bond acceptors (Lipinski definition) is 8. The van der Waals surface area contributed by atoms with Crippen LogP contribution in [-0.4, -0.2) is 50.9 Å². The highest BCUT2D eigenvalue weighted by Gasteiger charge is 2.45. The number of esters is 2. The van der Waals surface area contributed by atoms with Crippen LogP contribution < -0.4 is 9.47 Å². The zero-order chi connectivity index (χ0) is 22.1. The molecule has 0 fully saturated rings. The van der Waals surface area contributed by atoms with E-state index in [9.17, 15) is 19.2 Å². The first kappa shape index (κ1) is 24.1. The van der Waals surface area contributed by atoms with Crippen LogP contribution in [0.1, 0.15) is 39.2 Å². The Bertz CT molecular complexity index is 719. The van der Waals surface area contributed by atoms with E-state index in [-0.39, 0.29) is 13.2 Å². The highest BCUT2D eigenvalue weighted by Crippen LogP contribution is 2.39. The summed E-state index contributed by atoms with van der Waals surface area (Å²) < 4.78 is 20.6. The fourth-order valence-corrected chi connectivity index (χ4v) is 3.23. The van der Waals surface area contributed by atoms with Crippen molar-refractivity contribution in [3.8, 4) is 11.5 Å². The first-order chi connectivity index (χ1) is 13.7. The number of ether oxygens (including phenoxy) is 4. The third kappa shape index (κ3) is 5.79. The van der Waals surface area contributed by atoms with Crippen LogP contribution in [0.4, 0.5) is 0 Å². The number of Topliss-reactive ketones (excluding diaryl/α,β-unsaturated/α-hetero) is 2. The zero-order valence-electron chi connectivity index (χ0n) is 17.6. The Labute approximate surface area is 170 Å². The van der Waals surface area contributed by atoms with Gasteiger partial charge < -0.3 is 18.9 Å². The van der Waals surface area contributed by atoms with E-state index in [1.165, 1.54) is 34.1 Å². The molecule has 0 heterocycles. The lowest BCUT2D eigenvalue weighted by atomic mass is 9.73. The normalized spacial score (nSPS) is 12.7. The molecule has 0 spiro atoms. The van der Waals surface area contributed by atoms with Gasteiger partial charge in [-0.3, -0.25) is 19.2 Å². The van der Waals surface area contributed by atoms with Crippen LogP contribution in [0.15, 0.2) is 18.2 Å². The number of ketones is 2. The van der Waals surface area contributed by atoms with E-state index in [0.717, 1.165) is 0 Å². The topological polar surface area (TPSA) is 105 Å². The third-order valence-electron chi connectivity index (χ3n) is 4.47. The maximum absolute atomic E-state index is 12.6. The standard InChI is InChI=1S/C21H28O8/c1-7-28-20(24)17(12(3)22)19(18(13(4)23)21(25)29-8-2)14-9-10-15(26-5)16(11-14)27-6/h9-11,17-19H,7-8H2,1-6H3/t17-,18-/m0/s1. The van der Waals surface area contributed by atoms with Gasteiger partial charge in [0.1, 0.15) is 23.4 Å². The van der Waals surface area contributed by atoms with Crippen molar-refractivity contribution in [2.24, 2.45) is 11.8 Å².